The number of nitrogens with zero attached hydrogens (tertiary/aromatic N) is 1. The molecule has 1 aromatic carbocycles. The summed E-state index contributed by atoms with van der Waals surface area (Å²) in [6.45, 7) is 5.21. The summed E-state index contributed by atoms with van der Waals surface area (Å²) in [4.78, 5) is 13.6. The third-order valence-electron chi connectivity index (χ3n) is 3.89. The van der Waals surface area contributed by atoms with Gasteiger partial charge in [0.25, 0.3) is 0 Å². The van der Waals surface area contributed by atoms with Gasteiger partial charge in [0.05, 0.1) is 0 Å². The molecule has 1 aromatic rings. The van der Waals surface area contributed by atoms with Crippen molar-refractivity contribution in [2.24, 2.45) is 11.8 Å². The Labute approximate surface area is 124 Å². The highest BCUT2D eigenvalue weighted by atomic mass is 35.5. The highest BCUT2D eigenvalue weighted by Crippen LogP contribution is 2.42. The van der Waals surface area contributed by atoms with E-state index >= 15 is 0 Å². The molecular weight excluding hydrogens is 281 g/mol. The minimum absolute atomic E-state index is 0.00652. The minimum atomic E-state index is -0.851. The molecule has 1 saturated heterocycles. The lowest BCUT2D eigenvalue weighted by atomic mass is 9.86. The molecule has 0 aromatic heterocycles. The average Bonchev–Trinajstić information content (AvgIpc) is 2.65. The van der Waals surface area contributed by atoms with Gasteiger partial charge in [0.1, 0.15) is 4.87 Å². The Kier molecular flexibility index (Phi) is 4.42. The SMILES string of the molecule is CC(C)C1(Cl)C(=O)N(Cc2ccccc2)CC1CCl. The molecule has 1 amide bonds. The summed E-state index contributed by atoms with van der Waals surface area (Å²) >= 11 is 12.6. The monoisotopic (exact) mass is 299 g/mol. The average molecular weight is 300 g/mol. The quantitative estimate of drug-likeness (QED) is 0.779. The molecule has 1 heterocycles. The predicted octanol–water partition coefficient (Wildman–Crippen LogP) is 3.52. The first-order chi connectivity index (χ1) is 9.00. The summed E-state index contributed by atoms with van der Waals surface area (Å²) in [6.07, 6.45) is 0. The zero-order valence-electron chi connectivity index (χ0n) is 11.3. The van der Waals surface area contributed by atoms with Crippen LogP contribution in [0.1, 0.15) is 19.4 Å². The lowest BCUT2D eigenvalue weighted by Gasteiger charge is -2.28. The molecule has 2 nitrogen and oxygen atoms in total. The highest BCUT2D eigenvalue weighted by molar-refractivity contribution is 6.36. The van der Waals surface area contributed by atoms with E-state index in [4.69, 9.17) is 23.2 Å². The van der Waals surface area contributed by atoms with Gasteiger partial charge in [-0.1, -0.05) is 44.2 Å². The van der Waals surface area contributed by atoms with Crippen LogP contribution in [0.3, 0.4) is 0 Å². The molecular formula is C15H19Cl2NO. The summed E-state index contributed by atoms with van der Waals surface area (Å²) in [7, 11) is 0. The second-order valence-corrected chi connectivity index (χ2v) is 6.38. The van der Waals surface area contributed by atoms with Gasteiger partial charge in [-0.15, -0.1) is 23.2 Å². The van der Waals surface area contributed by atoms with Crippen molar-refractivity contribution >= 4 is 29.1 Å². The fourth-order valence-corrected chi connectivity index (χ4v) is 3.40. The molecule has 0 radical (unpaired) electrons. The molecule has 4 heteroatoms. The molecule has 0 N–H and O–H groups in total. The smallest absolute Gasteiger partial charge is 0.244 e. The van der Waals surface area contributed by atoms with Gasteiger partial charge in [0.15, 0.2) is 0 Å². The number of rotatable bonds is 4. The molecule has 104 valence electrons. The molecule has 2 rings (SSSR count). The summed E-state index contributed by atoms with van der Waals surface area (Å²) in [5.74, 6) is 0.510. The molecule has 2 atom stereocenters. The summed E-state index contributed by atoms with van der Waals surface area (Å²) in [5, 5.41) is 0. The molecule has 1 fully saturated rings. The topological polar surface area (TPSA) is 20.3 Å². The third-order valence-corrected chi connectivity index (χ3v) is 5.17. The van der Waals surface area contributed by atoms with Crippen LogP contribution >= 0.6 is 23.2 Å². The van der Waals surface area contributed by atoms with Crippen molar-refractivity contribution in [3.8, 4) is 0 Å². The lowest BCUT2D eigenvalue weighted by Crippen LogP contribution is -2.43. The third kappa shape index (κ3) is 2.61. The number of halogens is 2. The minimum Gasteiger partial charge on any atom is -0.336 e. The van der Waals surface area contributed by atoms with Crippen molar-refractivity contribution < 1.29 is 4.79 Å². The number of benzene rings is 1. The Balaban J connectivity index is 2.19. The Morgan fingerprint density at radius 3 is 2.47 bits per heavy atom. The normalized spacial score (nSPS) is 27.3. The zero-order valence-corrected chi connectivity index (χ0v) is 12.8. The van der Waals surface area contributed by atoms with E-state index < -0.39 is 4.87 Å². The molecule has 1 aliphatic heterocycles. The summed E-state index contributed by atoms with van der Waals surface area (Å²) in [5.41, 5.74) is 1.12. The summed E-state index contributed by atoms with van der Waals surface area (Å²) in [6, 6.07) is 9.96. The first kappa shape index (κ1) is 14.7. The molecule has 19 heavy (non-hydrogen) atoms. The van der Waals surface area contributed by atoms with E-state index in [1.54, 1.807) is 0 Å². The van der Waals surface area contributed by atoms with Gasteiger partial charge in [0.2, 0.25) is 5.91 Å². The van der Waals surface area contributed by atoms with Crippen molar-refractivity contribution in [2.75, 3.05) is 12.4 Å². The Morgan fingerprint density at radius 2 is 2.00 bits per heavy atom. The van der Waals surface area contributed by atoms with Crippen LogP contribution in [-0.4, -0.2) is 28.1 Å². The summed E-state index contributed by atoms with van der Waals surface area (Å²) < 4.78 is 0. The molecule has 0 saturated carbocycles. The van der Waals surface area contributed by atoms with Gasteiger partial charge in [-0.2, -0.15) is 0 Å². The fourth-order valence-electron chi connectivity index (χ4n) is 2.72. The molecule has 0 spiro atoms. The second-order valence-electron chi connectivity index (χ2n) is 5.45. The van der Waals surface area contributed by atoms with Crippen LogP contribution in [0.25, 0.3) is 0 Å². The van der Waals surface area contributed by atoms with Gasteiger partial charge in [0, 0.05) is 24.9 Å². The maximum atomic E-state index is 12.6. The first-order valence-electron chi connectivity index (χ1n) is 6.58. The van der Waals surface area contributed by atoms with E-state index in [9.17, 15) is 4.79 Å². The van der Waals surface area contributed by atoms with Crippen LogP contribution in [0.2, 0.25) is 0 Å². The Morgan fingerprint density at radius 1 is 1.37 bits per heavy atom. The van der Waals surface area contributed by atoms with Crippen molar-refractivity contribution in [1.29, 1.82) is 0 Å². The zero-order chi connectivity index (χ0) is 14.0. The van der Waals surface area contributed by atoms with Crippen LogP contribution in [-0.2, 0) is 11.3 Å². The van der Waals surface area contributed by atoms with E-state index in [0.717, 1.165) is 5.56 Å². The predicted molar refractivity (Wildman–Crippen MR) is 79.5 cm³/mol. The number of alkyl halides is 2. The van der Waals surface area contributed by atoms with Crippen molar-refractivity contribution in [3.05, 3.63) is 35.9 Å². The van der Waals surface area contributed by atoms with Crippen LogP contribution in [0.4, 0.5) is 0 Å². The molecule has 0 aliphatic carbocycles. The van der Waals surface area contributed by atoms with Crippen molar-refractivity contribution in [2.45, 2.75) is 25.3 Å². The maximum absolute atomic E-state index is 12.6. The second kappa shape index (κ2) is 5.72. The van der Waals surface area contributed by atoms with Gasteiger partial charge in [-0.3, -0.25) is 4.79 Å². The Hall–Kier alpha value is -0.730. The molecule has 1 aliphatic rings. The van der Waals surface area contributed by atoms with Gasteiger partial charge in [-0.25, -0.2) is 0 Å². The molecule has 0 bridgehead atoms. The van der Waals surface area contributed by atoms with Gasteiger partial charge >= 0.3 is 0 Å². The fraction of sp³-hybridized carbons (Fsp3) is 0.533. The van der Waals surface area contributed by atoms with Crippen molar-refractivity contribution in [3.63, 3.8) is 0 Å². The number of hydrogen-bond donors (Lipinski definition) is 0. The highest BCUT2D eigenvalue weighted by Gasteiger charge is 2.54. The first-order valence-corrected chi connectivity index (χ1v) is 7.49. The van der Waals surface area contributed by atoms with E-state index in [1.165, 1.54) is 0 Å². The number of hydrogen-bond acceptors (Lipinski definition) is 1. The standard InChI is InChI=1S/C15H19Cl2NO/c1-11(2)15(17)13(8-16)10-18(14(15)19)9-12-6-4-3-5-7-12/h3-7,11,13H,8-10H2,1-2H3. The van der Waals surface area contributed by atoms with Crippen LogP contribution in [0.5, 0.6) is 0 Å². The maximum Gasteiger partial charge on any atom is 0.244 e. The Bertz CT molecular complexity index is 449. The van der Waals surface area contributed by atoms with Crippen LogP contribution in [0, 0.1) is 11.8 Å². The van der Waals surface area contributed by atoms with E-state index in [-0.39, 0.29) is 17.7 Å². The number of likely N-dealkylation sites (tertiary alicyclic amines) is 1. The van der Waals surface area contributed by atoms with Crippen LogP contribution in [0.15, 0.2) is 30.3 Å². The van der Waals surface area contributed by atoms with Crippen LogP contribution < -0.4 is 0 Å². The van der Waals surface area contributed by atoms with E-state index in [2.05, 4.69) is 0 Å². The van der Waals surface area contributed by atoms with Gasteiger partial charge < -0.3 is 4.90 Å². The number of carbonyl (C=O) groups is 1. The van der Waals surface area contributed by atoms with Gasteiger partial charge in [-0.05, 0) is 11.5 Å². The number of carbonyl (C=O) groups excluding carboxylic acids is 1. The van der Waals surface area contributed by atoms with E-state index in [0.29, 0.717) is 19.0 Å². The number of amides is 1. The van der Waals surface area contributed by atoms with Crippen molar-refractivity contribution in [1.82, 2.24) is 4.90 Å². The largest absolute Gasteiger partial charge is 0.336 e. The lowest BCUT2D eigenvalue weighted by molar-refractivity contribution is -0.131. The molecule has 2 unspecified atom stereocenters. The van der Waals surface area contributed by atoms with E-state index in [1.807, 2.05) is 49.1 Å².